The first-order valence-corrected chi connectivity index (χ1v) is 9.71. The summed E-state index contributed by atoms with van der Waals surface area (Å²) in [4.78, 5) is 14.6. The minimum absolute atomic E-state index is 0.0267. The minimum atomic E-state index is 0.0267. The summed E-state index contributed by atoms with van der Waals surface area (Å²) < 4.78 is 5.89. The first-order chi connectivity index (χ1) is 13.2. The van der Waals surface area contributed by atoms with Gasteiger partial charge in [-0.15, -0.1) is 0 Å². The number of nitrogens with one attached hydrogen (secondary N) is 1. The summed E-state index contributed by atoms with van der Waals surface area (Å²) in [6.45, 7) is 3.36. The number of ether oxygens (including phenoxy) is 1. The largest absolute Gasteiger partial charge is 0.488 e. The molecule has 2 heterocycles. The van der Waals surface area contributed by atoms with Gasteiger partial charge in [-0.25, -0.2) is 0 Å². The Morgan fingerprint density at radius 2 is 1.89 bits per heavy atom. The zero-order valence-corrected chi connectivity index (χ0v) is 15.5. The third kappa shape index (κ3) is 4.15. The van der Waals surface area contributed by atoms with Crippen molar-refractivity contribution in [3.8, 4) is 5.75 Å². The fraction of sp³-hybridized carbons (Fsp3) is 0.409. The lowest BCUT2D eigenvalue weighted by Crippen LogP contribution is -2.40. The normalized spacial score (nSPS) is 24.4. The van der Waals surface area contributed by atoms with E-state index in [-0.39, 0.29) is 12.0 Å². The average Bonchev–Trinajstić information content (AvgIpc) is 3.30. The molecule has 2 aliphatic rings. The number of benzene rings is 2. The molecule has 0 aliphatic carbocycles. The van der Waals surface area contributed by atoms with E-state index >= 15 is 0 Å². The molecule has 4 rings (SSSR count). The van der Waals surface area contributed by atoms with Gasteiger partial charge < -0.3 is 15.8 Å². The Labute approximate surface area is 160 Å². The summed E-state index contributed by atoms with van der Waals surface area (Å²) in [6, 6.07) is 18.5. The molecule has 0 saturated carbocycles. The van der Waals surface area contributed by atoms with E-state index in [2.05, 4.69) is 40.5 Å². The number of likely N-dealkylation sites (tertiary alicyclic amines) is 1. The van der Waals surface area contributed by atoms with Crippen molar-refractivity contribution in [1.82, 2.24) is 10.2 Å². The maximum absolute atomic E-state index is 12.4. The molecule has 3 N–H and O–H groups in total. The molecule has 1 saturated heterocycles. The molecule has 1 unspecified atom stereocenters. The van der Waals surface area contributed by atoms with Crippen LogP contribution in [0.1, 0.15) is 17.0 Å². The fourth-order valence-electron chi connectivity index (χ4n) is 4.26. The SMILES string of the molecule is NC[C@@H]1CN(CC(=O)NCC2Cc3ccccc3O2)C[C@H]1c1ccccc1. The quantitative estimate of drug-likeness (QED) is 0.819. The minimum Gasteiger partial charge on any atom is -0.488 e. The predicted octanol–water partition coefficient (Wildman–Crippen LogP) is 1.78. The van der Waals surface area contributed by atoms with Crippen LogP contribution in [0.3, 0.4) is 0 Å². The van der Waals surface area contributed by atoms with Gasteiger partial charge in [0.1, 0.15) is 11.9 Å². The zero-order valence-electron chi connectivity index (χ0n) is 15.5. The van der Waals surface area contributed by atoms with Gasteiger partial charge in [0.2, 0.25) is 5.91 Å². The molecule has 5 heteroatoms. The van der Waals surface area contributed by atoms with Crippen LogP contribution in [-0.2, 0) is 11.2 Å². The van der Waals surface area contributed by atoms with Crippen LogP contribution in [0.5, 0.6) is 5.75 Å². The van der Waals surface area contributed by atoms with Crippen molar-refractivity contribution in [3.05, 3.63) is 65.7 Å². The third-order valence-corrected chi connectivity index (χ3v) is 5.66. The highest BCUT2D eigenvalue weighted by Crippen LogP contribution is 2.32. The second kappa shape index (κ2) is 8.11. The van der Waals surface area contributed by atoms with Gasteiger partial charge in [0.15, 0.2) is 0 Å². The third-order valence-electron chi connectivity index (χ3n) is 5.66. The molecule has 3 atom stereocenters. The van der Waals surface area contributed by atoms with E-state index in [0.29, 0.717) is 31.5 Å². The summed E-state index contributed by atoms with van der Waals surface area (Å²) in [5, 5.41) is 3.04. The molecule has 1 fully saturated rings. The monoisotopic (exact) mass is 365 g/mol. The lowest BCUT2D eigenvalue weighted by Gasteiger charge is -2.17. The highest BCUT2D eigenvalue weighted by atomic mass is 16.5. The number of nitrogens with two attached hydrogens (primary N) is 1. The van der Waals surface area contributed by atoms with Crippen molar-refractivity contribution >= 4 is 5.91 Å². The van der Waals surface area contributed by atoms with Crippen molar-refractivity contribution < 1.29 is 9.53 Å². The molecule has 27 heavy (non-hydrogen) atoms. The van der Waals surface area contributed by atoms with Crippen molar-refractivity contribution in [2.75, 3.05) is 32.7 Å². The van der Waals surface area contributed by atoms with Gasteiger partial charge in [-0.2, -0.15) is 0 Å². The maximum atomic E-state index is 12.4. The molecule has 0 radical (unpaired) electrons. The molecule has 2 aliphatic heterocycles. The van der Waals surface area contributed by atoms with E-state index in [1.54, 1.807) is 0 Å². The second-order valence-corrected chi connectivity index (χ2v) is 7.56. The Hall–Kier alpha value is -2.37. The van der Waals surface area contributed by atoms with E-state index in [0.717, 1.165) is 25.3 Å². The summed E-state index contributed by atoms with van der Waals surface area (Å²) in [6.07, 6.45) is 0.879. The molecular weight excluding hydrogens is 338 g/mol. The summed E-state index contributed by atoms with van der Waals surface area (Å²) in [7, 11) is 0. The topological polar surface area (TPSA) is 67.6 Å². The van der Waals surface area contributed by atoms with E-state index < -0.39 is 0 Å². The highest BCUT2D eigenvalue weighted by Gasteiger charge is 2.33. The Morgan fingerprint density at radius 3 is 2.67 bits per heavy atom. The van der Waals surface area contributed by atoms with Crippen molar-refractivity contribution in [1.29, 1.82) is 0 Å². The van der Waals surface area contributed by atoms with Gasteiger partial charge in [-0.1, -0.05) is 48.5 Å². The molecule has 142 valence electrons. The summed E-state index contributed by atoms with van der Waals surface area (Å²) in [5.41, 5.74) is 8.52. The van der Waals surface area contributed by atoms with Crippen molar-refractivity contribution in [2.45, 2.75) is 18.4 Å². The lowest BCUT2D eigenvalue weighted by molar-refractivity contribution is -0.122. The number of nitrogens with zero attached hydrogens (tertiary/aromatic N) is 1. The number of amides is 1. The predicted molar refractivity (Wildman–Crippen MR) is 106 cm³/mol. The number of fused-ring (bicyclic) bond motifs is 1. The van der Waals surface area contributed by atoms with Crippen LogP contribution < -0.4 is 15.8 Å². The molecule has 2 aromatic carbocycles. The number of para-hydroxylation sites is 1. The average molecular weight is 365 g/mol. The van der Waals surface area contributed by atoms with Crippen LogP contribution in [0.4, 0.5) is 0 Å². The van der Waals surface area contributed by atoms with Crippen LogP contribution >= 0.6 is 0 Å². The van der Waals surface area contributed by atoms with Gasteiger partial charge in [-0.3, -0.25) is 9.69 Å². The number of hydrogen-bond donors (Lipinski definition) is 2. The van der Waals surface area contributed by atoms with Gasteiger partial charge in [0, 0.05) is 25.4 Å². The Morgan fingerprint density at radius 1 is 1.11 bits per heavy atom. The molecule has 0 aromatic heterocycles. The fourth-order valence-corrected chi connectivity index (χ4v) is 4.26. The Balaban J connectivity index is 1.26. The maximum Gasteiger partial charge on any atom is 0.234 e. The number of carbonyl (C=O) groups excluding carboxylic acids is 1. The zero-order chi connectivity index (χ0) is 18.6. The Bertz CT molecular complexity index is 755. The standard InChI is InChI=1S/C22H27N3O2/c23-11-18-13-25(14-20(18)16-6-2-1-3-7-16)15-22(26)24-12-19-10-17-8-4-5-9-21(17)27-19/h1-9,18-20H,10-15,23H2,(H,24,26)/t18-,19?,20+/m1/s1. The molecular formula is C22H27N3O2. The molecule has 2 aromatic rings. The molecule has 0 spiro atoms. The van der Waals surface area contributed by atoms with E-state index in [1.165, 1.54) is 11.1 Å². The van der Waals surface area contributed by atoms with E-state index in [4.69, 9.17) is 10.5 Å². The van der Waals surface area contributed by atoms with Crippen LogP contribution in [-0.4, -0.2) is 49.6 Å². The number of hydrogen-bond acceptors (Lipinski definition) is 4. The van der Waals surface area contributed by atoms with Crippen molar-refractivity contribution in [3.63, 3.8) is 0 Å². The van der Waals surface area contributed by atoms with Crippen LogP contribution in [0.2, 0.25) is 0 Å². The first kappa shape index (κ1) is 18.0. The van der Waals surface area contributed by atoms with Crippen LogP contribution in [0.25, 0.3) is 0 Å². The van der Waals surface area contributed by atoms with Gasteiger partial charge in [0.05, 0.1) is 13.1 Å². The summed E-state index contributed by atoms with van der Waals surface area (Å²) >= 11 is 0. The molecule has 1 amide bonds. The van der Waals surface area contributed by atoms with E-state index in [9.17, 15) is 4.79 Å². The van der Waals surface area contributed by atoms with E-state index in [1.807, 2.05) is 24.3 Å². The molecule has 5 nitrogen and oxygen atoms in total. The summed E-state index contributed by atoms with van der Waals surface area (Å²) in [5.74, 6) is 1.79. The Kier molecular flexibility index (Phi) is 5.41. The van der Waals surface area contributed by atoms with Crippen LogP contribution in [0, 0.1) is 5.92 Å². The number of rotatable bonds is 6. The van der Waals surface area contributed by atoms with Crippen LogP contribution in [0.15, 0.2) is 54.6 Å². The second-order valence-electron chi connectivity index (χ2n) is 7.56. The van der Waals surface area contributed by atoms with Gasteiger partial charge >= 0.3 is 0 Å². The highest BCUT2D eigenvalue weighted by molar-refractivity contribution is 5.78. The lowest BCUT2D eigenvalue weighted by atomic mass is 9.89. The van der Waals surface area contributed by atoms with Gasteiger partial charge in [0.25, 0.3) is 0 Å². The number of carbonyl (C=O) groups is 1. The first-order valence-electron chi connectivity index (χ1n) is 9.71. The molecule has 0 bridgehead atoms. The smallest absolute Gasteiger partial charge is 0.234 e. The van der Waals surface area contributed by atoms with Gasteiger partial charge in [-0.05, 0) is 29.7 Å². The van der Waals surface area contributed by atoms with Crippen molar-refractivity contribution in [2.24, 2.45) is 11.7 Å².